The second-order valence-electron chi connectivity index (χ2n) is 21.8. The van der Waals surface area contributed by atoms with E-state index in [4.69, 9.17) is 29.4 Å². The summed E-state index contributed by atoms with van der Waals surface area (Å²) in [5, 5.41) is 3.19. The number of nitrogens with zero attached hydrogens (tertiary/aromatic N) is 6. The SMILES string of the molecule is CC(C)(C)OC(=O)N1CCC(CN2CCOC(CN)C2)CC1.CC(C)(C)OC(=O)N1CCC(CN2CCOC(CN3C(=O)c4ccccc4C3=O)C2)CC1.O=C1c2ccccc2C(=O)N1CC1CNCCO1. The maximum Gasteiger partial charge on any atom is 0.410 e. The zero-order valence-corrected chi connectivity index (χ0v) is 43.3. The van der Waals surface area contributed by atoms with E-state index in [9.17, 15) is 28.8 Å². The topological polar surface area (TPSA) is 206 Å². The highest BCUT2D eigenvalue weighted by atomic mass is 16.6. The number of imide groups is 2. The number of rotatable bonds is 9. The largest absolute Gasteiger partial charge is 0.444 e. The Kier molecular flexibility index (Phi) is 18.9. The fourth-order valence-electron chi connectivity index (χ4n) is 10.1. The molecule has 6 amide bonds. The van der Waals surface area contributed by atoms with Crippen molar-refractivity contribution in [3.63, 3.8) is 0 Å². The minimum absolute atomic E-state index is 0.110. The lowest BCUT2D eigenvalue weighted by atomic mass is 9.96. The van der Waals surface area contributed by atoms with Crippen molar-refractivity contribution in [1.29, 1.82) is 0 Å². The predicted molar refractivity (Wildman–Crippen MR) is 269 cm³/mol. The van der Waals surface area contributed by atoms with Crippen LogP contribution >= 0.6 is 0 Å². The van der Waals surface area contributed by atoms with E-state index in [0.717, 1.165) is 84.6 Å². The van der Waals surface area contributed by atoms with Crippen LogP contribution in [0.1, 0.15) is 109 Å². The van der Waals surface area contributed by atoms with Gasteiger partial charge in [0.1, 0.15) is 11.2 Å². The smallest absolute Gasteiger partial charge is 0.410 e. The number of nitrogens with two attached hydrogens (primary N) is 1. The molecule has 0 radical (unpaired) electrons. The highest BCUT2D eigenvalue weighted by molar-refractivity contribution is 6.22. The Hall–Kier alpha value is -5.02. The van der Waals surface area contributed by atoms with Crippen LogP contribution in [0.2, 0.25) is 0 Å². The maximum absolute atomic E-state index is 12.6. The monoisotopic (exact) mass is 1000 g/mol. The number of carbonyl (C=O) groups is 6. The van der Waals surface area contributed by atoms with Crippen LogP contribution in [0.25, 0.3) is 0 Å². The second-order valence-corrected chi connectivity index (χ2v) is 21.8. The highest BCUT2D eigenvalue weighted by Crippen LogP contribution is 2.27. The van der Waals surface area contributed by atoms with E-state index >= 15 is 0 Å². The van der Waals surface area contributed by atoms with Gasteiger partial charge < -0.3 is 44.5 Å². The van der Waals surface area contributed by atoms with Crippen molar-refractivity contribution in [2.75, 3.05) is 118 Å². The van der Waals surface area contributed by atoms with Crippen LogP contribution in [0.5, 0.6) is 0 Å². The van der Waals surface area contributed by atoms with Gasteiger partial charge in [0.15, 0.2) is 0 Å². The molecule has 3 unspecified atom stereocenters. The molecule has 7 aliphatic rings. The molecule has 0 aliphatic carbocycles. The number of amides is 6. The lowest BCUT2D eigenvalue weighted by molar-refractivity contribution is -0.0440. The van der Waals surface area contributed by atoms with Crippen LogP contribution < -0.4 is 11.1 Å². The Morgan fingerprint density at radius 1 is 0.556 bits per heavy atom. The quantitative estimate of drug-likeness (QED) is 0.338. The predicted octanol–water partition coefficient (Wildman–Crippen LogP) is 4.19. The van der Waals surface area contributed by atoms with Crippen LogP contribution in [-0.4, -0.2) is 213 Å². The fraction of sp³-hybridized carbons (Fsp3) is 0.660. The van der Waals surface area contributed by atoms with Crippen molar-refractivity contribution in [2.45, 2.75) is 96.7 Å². The van der Waals surface area contributed by atoms with Crippen LogP contribution in [0, 0.1) is 11.8 Å². The summed E-state index contributed by atoms with van der Waals surface area (Å²) >= 11 is 0. The molecule has 2 aromatic rings. The van der Waals surface area contributed by atoms with Crippen LogP contribution in [0.4, 0.5) is 9.59 Å². The average molecular weight is 1000 g/mol. The Morgan fingerprint density at radius 3 is 1.31 bits per heavy atom. The highest BCUT2D eigenvalue weighted by Gasteiger charge is 2.39. The number of benzene rings is 2. The summed E-state index contributed by atoms with van der Waals surface area (Å²) in [5.41, 5.74) is 6.73. The molecule has 7 aliphatic heterocycles. The molecule has 0 spiro atoms. The summed E-state index contributed by atoms with van der Waals surface area (Å²) in [5.74, 6) is 0.248. The molecule has 5 saturated heterocycles. The van der Waals surface area contributed by atoms with E-state index in [1.807, 2.05) is 46.4 Å². The van der Waals surface area contributed by atoms with Gasteiger partial charge in [-0.2, -0.15) is 0 Å². The third-order valence-electron chi connectivity index (χ3n) is 13.8. The van der Waals surface area contributed by atoms with Crippen molar-refractivity contribution in [1.82, 2.24) is 34.7 Å². The van der Waals surface area contributed by atoms with E-state index in [-0.39, 0.29) is 60.7 Å². The van der Waals surface area contributed by atoms with Gasteiger partial charge in [0, 0.05) is 85.1 Å². The normalized spacial score (nSPS) is 23.7. The number of morpholine rings is 3. The van der Waals surface area contributed by atoms with Gasteiger partial charge in [-0.05, 0) is 103 Å². The first-order valence-electron chi connectivity index (χ1n) is 25.9. The van der Waals surface area contributed by atoms with Crippen LogP contribution in [-0.2, 0) is 23.7 Å². The number of carbonyl (C=O) groups excluding carboxylic acids is 6. The summed E-state index contributed by atoms with van der Waals surface area (Å²) in [6, 6.07) is 13.9. The standard InChI is InChI=1S/C24H33N3O5.C16H31N3O3.C13H14N2O3/c1-24(2,3)32-23(30)26-10-8-17(9-11-26)14-25-12-13-31-18(15-25)16-27-21(28)19-6-4-5-7-20(19)22(27)29;1-16(2,3)22-15(20)19-6-4-13(5-7-19)11-18-8-9-21-14(10-17)12-18;16-12-10-3-1-2-4-11(10)13(17)15(12)8-9-7-14-5-6-18-9/h4-7,17-18H,8-16H2,1-3H3;13-14H,4-12,17H2,1-3H3;1-4,9,14H,5-8H2. The summed E-state index contributed by atoms with van der Waals surface area (Å²) in [7, 11) is 0. The van der Waals surface area contributed by atoms with Crippen LogP contribution in [0.15, 0.2) is 48.5 Å². The third kappa shape index (κ3) is 15.0. The fourth-order valence-corrected chi connectivity index (χ4v) is 10.1. The molecule has 3 N–H and O–H groups in total. The second kappa shape index (κ2) is 24.8. The molecule has 0 bridgehead atoms. The molecule has 0 saturated carbocycles. The van der Waals surface area contributed by atoms with Gasteiger partial charge in [0.25, 0.3) is 23.6 Å². The van der Waals surface area contributed by atoms with Gasteiger partial charge in [-0.3, -0.25) is 38.8 Å². The molecule has 72 heavy (non-hydrogen) atoms. The van der Waals surface area contributed by atoms with E-state index < -0.39 is 11.2 Å². The number of fused-ring (bicyclic) bond motifs is 2. The summed E-state index contributed by atoms with van der Waals surface area (Å²) in [4.78, 5) is 84.9. The van der Waals surface area contributed by atoms with Gasteiger partial charge in [0.05, 0.1) is 73.5 Å². The number of likely N-dealkylation sites (tertiary alicyclic amines) is 2. The molecule has 9 rings (SSSR count). The number of ether oxygens (including phenoxy) is 5. The van der Waals surface area contributed by atoms with Crippen molar-refractivity contribution in [3.05, 3.63) is 70.8 Å². The van der Waals surface area contributed by atoms with Crippen LogP contribution in [0.3, 0.4) is 0 Å². The van der Waals surface area contributed by atoms with Gasteiger partial charge in [-0.25, -0.2) is 9.59 Å². The number of nitrogens with one attached hydrogen (secondary N) is 1. The molecule has 19 nitrogen and oxygen atoms in total. The molecule has 396 valence electrons. The molecule has 19 heteroatoms. The van der Waals surface area contributed by atoms with E-state index in [0.29, 0.717) is 86.6 Å². The molecule has 7 heterocycles. The molecular formula is C53H78N8O11. The first kappa shape index (κ1) is 54.7. The van der Waals surface area contributed by atoms with E-state index in [2.05, 4.69) is 15.1 Å². The lowest BCUT2D eigenvalue weighted by Gasteiger charge is -2.38. The van der Waals surface area contributed by atoms with Crippen molar-refractivity contribution in [2.24, 2.45) is 17.6 Å². The summed E-state index contributed by atoms with van der Waals surface area (Å²) < 4.78 is 27.9. The summed E-state index contributed by atoms with van der Waals surface area (Å²) in [6.45, 7) is 24.5. The Morgan fingerprint density at radius 2 is 0.931 bits per heavy atom. The van der Waals surface area contributed by atoms with E-state index in [1.165, 1.54) is 9.80 Å². The van der Waals surface area contributed by atoms with Crippen molar-refractivity contribution in [3.8, 4) is 0 Å². The Balaban J connectivity index is 0.000000166. The molecule has 0 aromatic heterocycles. The Labute approximate surface area is 424 Å². The van der Waals surface area contributed by atoms with Crippen molar-refractivity contribution >= 4 is 35.8 Å². The minimum Gasteiger partial charge on any atom is -0.444 e. The van der Waals surface area contributed by atoms with Gasteiger partial charge in [-0.1, -0.05) is 24.3 Å². The van der Waals surface area contributed by atoms with E-state index in [1.54, 1.807) is 53.4 Å². The minimum atomic E-state index is -0.476. The van der Waals surface area contributed by atoms with Gasteiger partial charge in [0.2, 0.25) is 0 Å². The third-order valence-corrected chi connectivity index (χ3v) is 13.8. The summed E-state index contributed by atoms with van der Waals surface area (Å²) in [6.07, 6.45) is 3.45. The number of piperidine rings is 2. The van der Waals surface area contributed by atoms with Crippen molar-refractivity contribution < 1.29 is 52.5 Å². The van der Waals surface area contributed by atoms with Gasteiger partial charge >= 0.3 is 12.2 Å². The first-order chi connectivity index (χ1) is 34.4. The molecule has 3 atom stereocenters. The zero-order valence-electron chi connectivity index (χ0n) is 43.3. The molecule has 5 fully saturated rings. The first-order valence-corrected chi connectivity index (χ1v) is 25.9. The number of hydrogen-bond acceptors (Lipinski definition) is 15. The molecule has 2 aromatic carbocycles. The molecular weight excluding hydrogens is 925 g/mol. The Bertz CT molecular complexity index is 2120. The number of hydrogen-bond donors (Lipinski definition) is 2. The zero-order chi connectivity index (χ0) is 51.6. The maximum atomic E-state index is 12.6. The average Bonchev–Trinajstić information content (AvgIpc) is 3.74. The van der Waals surface area contributed by atoms with Gasteiger partial charge in [-0.15, -0.1) is 0 Å². The lowest BCUT2D eigenvalue weighted by Crippen LogP contribution is -2.50.